The number of amides is 1. The summed E-state index contributed by atoms with van der Waals surface area (Å²) in [6, 6.07) is 35.0. The average Bonchev–Trinajstić information content (AvgIpc) is 3.98. The van der Waals surface area contributed by atoms with E-state index in [0.29, 0.717) is 17.1 Å². The Bertz CT molecular complexity index is 3200. The molecule has 78 heavy (non-hydrogen) atoms. The second-order valence-electron chi connectivity index (χ2n) is 20.6. The lowest BCUT2D eigenvalue weighted by atomic mass is 9.80. The Morgan fingerprint density at radius 1 is 0.731 bits per heavy atom. The zero-order valence-electron chi connectivity index (χ0n) is 45.6. The number of hydrogen-bond donors (Lipinski definition) is 2. The molecule has 19 nitrogen and oxygen atoms in total. The van der Waals surface area contributed by atoms with Crippen molar-refractivity contribution in [3.63, 3.8) is 0 Å². The standard InChI is InChI=1S/C56H68N5O14PSSi/c1-35-32-61(54(65)59-49(35)62)52-47(68-7)45(42(72-52)33-70-56(37-20-16-13-17-21-37,38-22-26-40(66-5)27-23-38)39-24-28-41(67-6)29-25-39)74-76(9,77)71-34-43-46(75-78(10,11)55(2,3)4)48(69-8)51(73-43)60-31-30-44(58-53(60)64)57-50(63)36-18-14-12-15-19-36/h12-32,42-43,45-48,51-52H,33-34H2,1-11H3,(H,59,62,65)(H,57,58,63,64)/t42-,43-,45-,46-,47-,48-,51-,52-,76?/m1/s1. The number of benzene rings is 4. The van der Waals surface area contributed by atoms with Crippen molar-refractivity contribution in [3.8, 4) is 11.5 Å². The molecular weight excluding hydrogens is 1060 g/mol. The van der Waals surface area contributed by atoms with Crippen LogP contribution in [0.2, 0.25) is 18.1 Å². The van der Waals surface area contributed by atoms with Crippen molar-refractivity contribution in [2.75, 3.05) is 53.6 Å². The number of carbonyl (C=O) groups excluding carboxylic acids is 1. The zero-order valence-corrected chi connectivity index (χ0v) is 48.3. The van der Waals surface area contributed by atoms with Gasteiger partial charge in [-0.3, -0.25) is 23.7 Å². The predicted octanol–water partition coefficient (Wildman–Crippen LogP) is 7.94. The van der Waals surface area contributed by atoms with E-state index in [2.05, 4.69) is 49.1 Å². The molecule has 8 rings (SSSR count). The van der Waals surface area contributed by atoms with Gasteiger partial charge < -0.3 is 51.9 Å². The molecule has 1 unspecified atom stereocenters. The first-order valence-electron chi connectivity index (χ1n) is 25.3. The van der Waals surface area contributed by atoms with Crippen LogP contribution in [0.1, 0.15) is 65.8 Å². The van der Waals surface area contributed by atoms with Gasteiger partial charge in [-0.1, -0.05) is 93.6 Å². The SMILES string of the molecule is COc1ccc(C(OC[C@H]2O[C@@H](n3cc(C)c(=O)[nH]c3=O)[C@H](OC)[C@@H]2OP(C)(=S)OC[C@H]2O[C@@H](n3ccc(NC(=O)c4ccccc4)nc3=O)[C@H](OC)[C@@H]2O[Si](C)(C)C(C)(C)C)(c2ccccc2)c2ccc(OC)cc2)cc1. The lowest BCUT2D eigenvalue weighted by Crippen LogP contribution is -2.50. The third-order valence-electron chi connectivity index (χ3n) is 14.6. The normalized spacial score (nSPS) is 22.4. The largest absolute Gasteiger partial charge is 0.497 e. The Hall–Kier alpha value is -5.94. The van der Waals surface area contributed by atoms with E-state index >= 15 is 0 Å². The van der Waals surface area contributed by atoms with Gasteiger partial charge in [0.05, 0.1) is 27.4 Å². The van der Waals surface area contributed by atoms with E-state index in [1.165, 1.54) is 41.8 Å². The molecule has 4 aromatic carbocycles. The smallest absolute Gasteiger partial charge is 0.351 e. The summed E-state index contributed by atoms with van der Waals surface area (Å²) in [5.41, 5.74) is -0.300. The average molecular weight is 1130 g/mol. The van der Waals surface area contributed by atoms with Crippen LogP contribution in [0.5, 0.6) is 11.5 Å². The molecule has 416 valence electrons. The monoisotopic (exact) mass is 1130 g/mol. The van der Waals surface area contributed by atoms with Crippen LogP contribution in [0.15, 0.2) is 142 Å². The van der Waals surface area contributed by atoms with Gasteiger partial charge in [-0.2, -0.15) is 4.98 Å². The molecule has 0 bridgehead atoms. The number of aryl methyl sites for hydroxylation is 1. The molecule has 2 aliphatic heterocycles. The van der Waals surface area contributed by atoms with Crippen LogP contribution in [0.4, 0.5) is 5.82 Å². The molecule has 6 aromatic rings. The number of rotatable bonds is 21. The molecule has 2 N–H and O–H groups in total. The Labute approximate surface area is 459 Å². The minimum absolute atomic E-state index is 0.0545. The van der Waals surface area contributed by atoms with E-state index < -0.39 is 92.3 Å². The van der Waals surface area contributed by atoms with E-state index in [1.807, 2.05) is 78.9 Å². The number of carbonyl (C=O) groups is 1. The van der Waals surface area contributed by atoms with Crippen LogP contribution >= 0.6 is 6.49 Å². The molecule has 0 aliphatic carbocycles. The van der Waals surface area contributed by atoms with Crippen molar-refractivity contribution < 1.29 is 51.4 Å². The van der Waals surface area contributed by atoms with Gasteiger partial charge in [0.25, 0.3) is 11.5 Å². The summed E-state index contributed by atoms with van der Waals surface area (Å²) in [5.74, 6) is 0.912. The van der Waals surface area contributed by atoms with Crippen LogP contribution in [0.3, 0.4) is 0 Å². The van der Waals surface area contributed by atoms with Crippen molar-refractivity contribution in [1.29, 1.82) is 0 Å². The van der Waals surface area contributed by atoms with Gasteiger partial charge in [0, 0.05) is 44.4 Å². The number of aromatic amines is 1. The number of nitrogens with one attached hydrogen (secondary N) is 2. The third-order valence-corrected chi connectivity index (χ3v) is 20.9. The molecule has 9 atom stereocenters. The van der Waals surface area contributed by atoms with Crippen LogP contribution in [0.25, 0.3) is 0 Å². The van der Waals surface area contributed by atoms with Gasteiger partial charge in [-0.15, -0.1) is 0 Å². The molecule has 2 aliphatic rings. The number of nitrogens with zero attached hydrogens (tertiary/aromatic N) is 3. The van der Waals surface area contributed by atoms with Gasteiger partial charge in [0.2, 0.25) is 0 Å². The maximum Gasteiger partial charge on any atom is 0.351 e. The Balaban J connectivity index is 1.13. The summed E-state index contributed by atoms with van der Waals surface area (Å²) in [4.78, 5) is 59.7. The van der Waals surface area contributed by atoms with Crippen LogP contribution in [-0.4, -0.2) is 118 Å². The summed E-state index contributed by atoms with van der Waals surface area (Å²) in [7, 11) is 3.59. The second kappa shape index (κ2) is 24.2. The van der Waals surface area contributed by atoms with Crippen molar-refractivity contribution >= 4 is 38.3 Å². The maximum atomic E-state index is 13.8. The predicted molar refractivity (Wildman–Crippen MR) is 300 cm³/mol. The summed E-state index contributed by atoms with van der Waals surface area (Å²) >= 11 is 6.27. The fourth-order valence-corrected chi connectivity index (χ4v) is 12.4. The number of aromatic nitrogens is 4. The van der Waals surface area contributed by atoms with E-state index in [1.54, 1.807) is 58.1 Å². The minimum Gasteiger partial charge on any atom is -0.497 e. The summed E-state index contributed by atoms with van der Waals surface area (Å²) in [6.07, 6.45) is -4.82. The highest BCUT2D eigenvalue weighted by Gasteiger charge is 2.54. The van der Waals surface area contributed by atoms with E-state index in [4.69, 9.17) is 58.4 Å². The van der Waals surface area contributed by atoms with Gasteiger partial charge >= 0.3 is 11.4 Å². The highest BCUT2D eigenvalue weighted by atomic mass is 32.5. The first-order valence-corrected chi connectivity index (χ1v) is 31.3. The fraction of sp³-hybridized carbons (Fsp3) is 0.411. The highest BCUT2D eigenvalue weighted by Crippen LogP contribution is 2.52. The van der Waals surface area contributed by atoms with Crippen molar-refractivity contribution in [1.82, 2.24) is 19.1 Å². The number of hydrogen-bond acceptors (Lipinski definition) is 16. The summed E-state index contributed by atoms with van der Waals surface area (Å²) in [6.45, 7) is 10.0. The summed E-state index contributed by atoms with van der Waals surface area (Å²) in [5, 5.41) is 2.44. The Morgan fingerprint density at radius 3 is 1.79 bits per heavy atom. The molecule has 0 spiro atoms. The van der Waals surface area contributed by atoms with E-state index in [0.717, 1.165) is 16.7 Å². The topological polar surface area (TPSA) is 211 Å². The zero-order chi connectivity index (χ0) is 56.2. The van der Waals surface area contributed by atoms with E-state index in [9.17, 15) is 19.2 Å². The molecule has 1 amide bonds. The number of anilines is 1. The Kier molecular flexibility index (Phi) is 18.1. The maximum absolute atomic E-state index is 13.8. The fourth-order valence-electron chi connectivity index (χ4n) is 9.39. The van der Waals surface area contributed by atoms with Crippen LogP contribution in [0, 0.1) is 6.92 Å². The molecule has 22 heteroatoms. The lowest BCUT2D eigenvalue weighted by Gasteiger charge is -2.40. The molecular formula is C56H68N5O14PSSi. The first kappa shape index (κ1) is 58.2. The number of ether oxygens (including phenoxy) is 7. The second-order valence-corrected chi connectivity index (χ2v) is 29.4. The first-order chi connectivity index (χ1) is 37.1. The highest BCUT2D eigenvalue weighted by molar-refractivity contribution is 8.09. The molecule has 2 aromatic heterocycles. The van der Waals surface area contributed by atoms with Gasteiger partial charge in [0.15, 0.2) is 27.3 Å². The lowest BCUT2D eigenvalue weighted by molar-refractivity contribution is -0.0956. The molecule has 2 fully saturated rings. The quantitative estimate of drug-likeness (QED) is 0.0398. The molecule has 2 saturated heterocycles. The van der Waals surface area contributed by atoms with Crippen molar-refractivity contribution in [2.24, 2.45) is 0 Å². The summed E-state index contributed by atoms with van der Waals surface area (Å²) < 4.78 is 67.5. The minimum atomic E-state index is -3.41. The molecule has 4 heterocycles. The number of H-pyrrole nitrogens is 1. The third kappa shape index (κ3) is 12.4. The number of methoxy groups -OCH3 is 4. The van der Waals surface area contributed by atoms with Gasteiger partial charge in [-0.05, 0) is 96.0 Å². The molecule has 0 saturated carbocycles. The molecule has 0 radical (unpaired) electrons. The van der Waals surface area contributed by atoms with Gasteiger partial charge in [-0.25, -0.2) is 9.59 Å². The van der Waals surface area contributed by atoms with Crippen LogP contribution in [-0.2, 0) is 54.6 Å². The van der Waals surface area contributed by atoms with Crippen LogP contribution < -0.4 is 31.7 Å². The van der Waals surface area contributed by atoms with Crippen molar-refractivity contribution in [3.05, 3.63) is 187 Å². The van der Waals surface area contributed by atoms with Gasteiger partial charge in [0.1, 0.15) is 59.5 Å². The van der Waals surface area contributed by atoms with Crippen molar-refractivity contribution in [2.45, 2.75) is 101 Å². The van der Waals surface area contributed by atoms with E-state index in [-0.39, 0.29) is 29.6 Å². The Morgan fingerprint density at radius 2 is 1.26 bits per heavy atom.